The molecule has 0 aliphatic rings. The van der Waals surface area contributed by atoms with Gasteiger partial charge in [-0.3, -0.25) is 0 Å². The van der Waals surface area contributed by atoms with E-state index in [0.717, 1.165) is 17.0 Å². The van der Waals surface area contributed by atoms with E-state index in [1.54, 1.807) is 6.92 Å². The van der Waals surface area contributed by atoms with Gasteiger partial charge in [0.1, 0.15) is 17.0 Å². The zero-order valence-corrected chi connectivity index (χ0v) is 18.1. The summed E-state index contributed by atoms with van der Waals surface area (Å²) in [4.78, 5) is 12.0. The number of benzene rings is 2. The van der Waals surface area contributed by atoms with Gasteiger partial charge in [-0.15, -0.1) is 0 Å². The maximum atomic E-state index is 12.0. The molecule has 0 radical (unpaired) electrons. The van der Waals surface area contributed by atoms with Crippen LogP contribution in [-0.4, -0.2) is 21.7 Å². The Hall–Kier alpha value is -3.01. The van der Waals surface area contributed by atoms with E-state index in [1.165, 1.54) is 10.9 Å². The Morgan fingerprint density at radius 3 is 2.17 bits per heavy atom. The van der Waals surface area contributed by atoms with Crippen LogP contribution in [-0.2, 0) is 16.6 Å². The number of esters is 1. The summed E-state index contributed by atoms with van der Waals surface area (Å²) in [5, 5.41) is 1.22. The summed E-state index contributed by atoms with van der Waals surface area (Å²) in [7, 11) is 2.07. The molecular formula is C25H29NO3. The van der Waals surface area contributed by atoms with Crippen molar-refractivity contribution >= 4 is 16.9 Å². The van der Waals surface area contributed by atoms with Gasteiger partial charge in [0.25, 0.3) is 0 Å². The van der Waals surface area contributed by atoms with Gasteiger partial charge in [-0.2, -0.15) is 0 Å². The molecule has 0 aliphatic carbocycles. The number of para-hydroxylation sites is 1. The van der Waals surface area contributed by atoms with Crippen LogP contribution < -0.4 is 4.74 Å². The van der Waals surface area contributed by atoms with E-state index in [4.69, 9.17) is 9.47 Å². The summed E-state index contributed by atoms with van der Waals surface area (Å²) in [6.07, 6.45) is 0. The molecule has 0 atom stereocenters. The molecule has 1 aromatic heterocycles. The van der Waals surface area contributed by atoms with E-state index >= 15 is 0 Å². The smallest absolute Gasteiger partial charge is 0.333 e. The second kappa shape index (κ2) is 7.43. The van der Waals surface area contributed by atoms with Crippen molar-refractivity contribution in [2.24, 2.45) is 7.05 Å². The van der Waals surface area contributed by atoms with Crippen molar-refractivity contribution in [1.82, 2.24) is 4.57 Å². The number of hydrogen-bond acceptors (Lipinski definition) is 3. The number of carbonyl (C=O) groups is 1. The van der Waals surface area contributed by atoms with Gasteiger partial charge in [0.15, 0.2) is 0 Å². The largest absolute Gasteiger partial charge is 0.484 e. The first kappa shape index (κ1) is 20.7. The van der Waals surface area contributed by atoms with Gasteiger partial charge in [-0.25, -0.2) is 4.79 Å². The van der Waals surface area contributed by atoms with Crippen LogP contribution in [0, 0.1) is 0 Å². The molecule has 0 amide bonds. The minimum absolute atomic E-state index is 0.369. The Balaban J connectivity index is 1.81. The van der Waals surface area contributed by atoms with Crippen molar-refractivity contribution < 1.29 is 14.3 Å². The Kier molecular flexibility index (Phi) is 5.31. The first-order valence-electron chi connectivity index (χ1n) is 9.74. The van der Waals surface area contributed by atoms with E-state index in [0.29, 0.717) is 5.57 Å². The summed E-state index contributed by atoms with van der Waals surface area (Å²) < 4.78 is 14.0. The Bertz CT molecular complexity index is 1060. The molecule has 0 bridgehead atoms. The number of fused-ring (bicyclic) bond motifs is 1. The number of hydrogen-bond donors (Lipinski definition) is 0. The number of carbonyl (C=O) groups excluding carboxylic acids is 1. The fourth-order valence-electron chi connectivity index (χ4n) is 3.12. The van der Waals surface area contributed by atoms with Gasteiger partial charge >= 0.3 is 5.97 Å². The molecule has 0 spiro atoms. The zero-order valence-electron chi connectivity index (χ0n) is 18.1. The van der Waals surface area contributed by atoms with Crippen LogP contribution in [0.1, 0.15) is 34.6 Å². The average molecular weight is 392 g/mol. The predicted octanol–water partition coefficient (Wildman–Crippen LogP) is 5.90. The quantitative estimate of drug-likeness (QED) is 0.388. The van der Waals surface area contributed by atoms with E-state index in [-0.39, 0.29) is 0 Å². The summed E-state index contributed by atoms with van der Waals surface area (Å²) in [6.45, 7) is 12.8. The minimum Gasteiger partial charge on any atom is -0.484 e. The number of aryl methyl sites for hydroxylation is 1. The lowest BCUT2D eigenvalue weighted by molar-refractivity contribution is -0.171. The van der Waals surface area contributed by atoms with Crippen molar-refractivity contribution in [3.05, 3.63) is 66.7 Å². The monoisotopic (exact) mass is 391 g/mol. The number of aromatic nitrogens is 1. The van der Waals surface area contributed by atoms with Gasteiger partial charge in [-0.1, -0.05) is 24.8 Å². The van der Waals surface area contributed by atoms with Crippen molar-refractivity contribution in [2.75, 3.05) is 0 Å². The number of rotatable bonds is 6. The standard InChI is InChI=1S/C25H29NO3/c1-17(2)23(27)29-25(5,6)24(3,4)28-20-14-12-18(13-15-20)22-16-19-10-8-9-11-21(19)26(22)7/h8-16H,1H2,2-7H3. The highest BCUT2D eigenvalue weighted by atomic mass is 16.6. The Labute approximate surface area is 172 Å². The van der Waals surface area contributed by atoms with Gasteiger partial charge < -0.3 is 14.0 Å². The normalized spacial score (nSPS) is 12.1. The minimum atomic E-state index is -0.836. The molecule has 1 heterocycles. The maximum Gasteiger partial charge on any atom is 0.333 e. The summed E-state index contributed by atoms with van der Waals surface area (Å²) >= 11 is 0. The lowest BCUT2D eigenvalue weighted by Gasteiger charge is -2.40. The SMILES string of the molecule is C=C(C)C(=O)OC(C)(C)C(C)(C)Oc1ccc(-c2cc3ccccc3n2C)cc1. The van der Waals surface area contributed by atoms with E-state index in [9.17, 15) is 4.79 Å². The third-order valence-corrected chi connectivity index (χ3v) is 5.62. The third kappa shape index (κ3) is 4.07. The topological polar surface area (TPSA) is 40.5 Å². The zero-order chi connectivity index (χ0) is 21.4. The van der Waals surface area contributed by atoms with Crippen LogP contribution in [0.2, 0.25) is 0 Å². The Morgan fingerprint density at radius 2 is 1.59 bits per heavy atom. The van der Waals surface area contributed by atoms with Crippen LogP contribution in [0.3, 0.4) is 0 Å². The molecule has 2 aromatic carbocycles. The molecule has 152 valence electrons. The molecule has 0 saturated heterocycles. The molecule has 4 heteroatoms. The van der Waals surface area contributed by atoms with Crippen molar-refractivity contribution in [1.29, 1.82) is 0 Å². The highest BCUT2D eigenvalue weighted by Crippen LogP contribution is 2.33. The molecule has 0 saturated carbocycles. The number of ether oxygens (including phenoxy) is 2. The van der Waals surface area contributed by atoms with Crippen molar-refractivity contribution in [3.8, 4) is 17.0 Å². The summed E-state index contributed by atoms with van der Waals surface area (Å²) in [6, 6.07) is 18.5. The summed E-state index contributed by atoms with van der Waals surface area (Å²) in [5.41, 5.74) is 2.25. The number of nitrogens with zero attached hydrogens (tertiary/aromatic N) is 1. The van der Waals surface area contributed by atoms with Crippen LogP contribution in [0.15, 0.2) is 66.7 Å². The molecular weight excluding hydrogens is 362 g/mol. The van der Waals surface area contributed by atoms with Crippen LogP contribution in [0.5, 0.6) is 5.75 Å². The highest BCUT2D eigenvalue weighted by Gasteiger charge is 2.43. The van der Waals surface area contributed by atoms with Gasteiger partial charge in [0.05, 0.1) is 0 Å². The van der Waals surface area contributed by atoms with E-state index in [1.807, 2.05) is 64.1 Å². The molecule has 3 aromatic rings. The molecule has 0 fully saturated rings. The molecule has 0 unspecified atom stereocenters. The average Bonchev–Trinajstić information content (AvgIpc) is 2.98. The predicted molar refractivity (Wildman–Crippen MR) is 118 cm³/mol. The van der Waals surface area contributed by atoms with Crippen LogP contribution >= 0.6 is 0 Å². The van der Waals surface area contributed by atoms with Crippen LogP contribution in [0.4, 0.5) is 0 Å². The molecule has 0 N–H and O–H groups in total. The Morgan fingerprint density at radius 1 is 0.966 bits per heavy atom. The van der Waals surface area contributed by atoms with Crippen molar-refractivity contribution in [3.63, 3.8) is 0 Å². The first-order chi connectivity index (χ1) is 13.5. The van der Waals surface area contributed by atoms with Crippen molar-refractivity contribution in [2.45, 2.75) is 45.8 Å². The third-order valence-electron chi connectivity index (χ3n) is 5.62. The molecule has 29 heavy (non-hydrogen) atoms. The highest BCUT2D eigenvalue weighted by molar-refractivity contribution is 5.87. The van der Waals surface area contributed by atoms with Gasteiger partial charge in [-0.05, 0) is 76.6 Å². The molecule has 0 aliphatic heterocycles. The van der Waals surface area contributed by atoms with Gasteiger partial charge in [0.2, 0.25) is 0 Å². The fraction of sp³-hybridized carbons (Fsp3) is 0.320. The van der Waals surface area contributed by atoms with Gasteiger partial charge in [0, 0.05) is 29.2 Å². The second-order valence-electron chi connectivity index (χ2n) is 8.46. The van der Waals surface area contributed by atoms with E-state index in [2.05, 4.69) is 36.4 Å². The van der Waals surface area contributed by atoms with E-state index < -0.39 is 17.2 Å². The fourth-order valence-corrected chi connectivity index (χ4v) is 3.12. The van der Waals surface area contributed by atoms with Crippen LogP contribution in [0.25, 0.3) is 22.2 Å². The maximum absolute atomic E-state index is 12.0. The summed E-state index contributed by atoms with van der Waals surface area (Å²) in [5.74, 6) is 0.301. The lowest BCUT2D eigenvalue weighted by Crippen LogP contribution is -2.52. The lowest BCUT2D eigenvalue weighted by atomic mass is 9.89. The second-order valence-corrected chi connectivity index (χ2v) is 8.46. The molecule has 4 nitrogen and oxygen atoms in total. The first-order valence-corrected chi connectivity index (χ1v) is 9.74. The molecule has 3 rings (SSSR count).